The van der Waals surface area contributed by atoms with Crippen LogP contribution in [0.2, 0.25) is 0 Å². The molecule has 1 unspecified atom stereocenters. The van der Waals surface area contributed by atoms with Crippen LogP contribution in [0.5, 0.6) is 5.75 Å². The predicted octanol–water partition coefficient (Wildman–Crippen LogP) is 4.68. The molecule has 1 aliphatic rings. The number of rotatable bonds is 6. The van der Waals surface area contributed by atoms with E-state index in [1.54, 1.807) is 6.07 Å². The van der Waals surface area contributed by atoms with Crippen LogP contribution in [0.25, 0.3) is 10.8 Å². The lowest BCUT2D eigenvalue weighted by atomic mass is 9.59. The van der Waals surface area contributed by atoms with Gasteiger partial charge in [-0.1, -0.05) is 23.7 Å². The molecule has 1 aliphatic carbocycles. The van der Waals surface area contributed by atoms with Gasteiger partial charge >= 0.3 is 11.8 Å². The zero-order valence-electron chi connectivity index (χ0n) is 19.9. The highest BCUT2D eigenvalue weighted by molar-refractivity contribution is 5.86. The average molecular weight is 510 g/mol. The first-order valence-electron chi connectivity index (χ1n) is 11.1. The number of nitrogens with one attached hydrogen (secondary N) is 1. The van der Waals surface area contributed by atoms with Gasteiger partial charge in [0, 0.05) is 35.5 Å². The Morgan fingerprint density at radius 3 is 2.44 bits per heavy atom. The van der Waals surface area contributed by atoms with Crippen LogP contribution in [0, 0.1) is 12.7 Å². The third-order valence-electron chi connectivity index (χ3n) is 6.53. The van der Waals surface area contributed by atoms with Crippen LogP contribution >= 0.6 is 0 Å². The Bertz CT molecular complexity index is 1300. The Morgan fingerprint density at radius 1 is 1.22 bits per heavy atom. The van der Waals surface area contributed by atoms with E-state index in [0.717, 1.165) is 22.8 Å². The lowest BCUT2D eigenvalue weighted by Gasteiger charge is -2.46. The number of nitrogens with zero attached hydrogens (tertiary/aromatic N) is 1. The predicted molar refractivity (Wildman–Crippen MR) is 125 cm³/mol. The Hall–Kier alpha value is -3.47. The number of hydrogen-bond acceptors (Lipinski definition) is 7. The van der Waals surface area contributed by atoms with Gasteiger partial charge in [0.2, 0.25) is 5.60 Å². The van der Waals surface area contributed by atoms with Gasteiger partial charge in [0.05, 0.1) is 18.2 Å². The molecule has 0 spiro atoms. The van der Waals surface area contributed by atoms with Gasteiger partial charge in [-0.2, -0.15) is 13.2 Å². The van der Waals surface area contributed by atoms with Crippen molar-refractivity contribution in [2.24, 2.45) is 0 Å². The minimum atomic E-state index is -5.09. The van der Waals surface area contributed by atoms with Gasteiger partial charge in [0.25, 0.3) is 0 Å². The van der Waals surface area contributed by atoms with Crippen molar-refractivity contribution < 1.29 is 36.7 Å². The van der Waals surface area contributed by atoms with Crippen molar-refractivity contribution in [2.75, 3.05) is 19.5 Å². The summed E-state index contributed by atoms with van der Waals surface area (Å²) in [5.74, 6) is -0.828. The summed E-state index contributed by atoms with van der Waals surface area (Å²) in [4.78, 5) is 22.1. The van der Waals surface area contributed by atoms with Crippen LogP contribution in [-0.4, -0.2) is 42.5 Å². The fourth-order valence-corrected chi connectivity index (χ4v) is 4.39. The molecule has 1 heterocycles. The second kappa shape index (κ2) is 10.3. The minimum absolute atomic E-state index is 0.141. The molecule has 0 amide bonds. The normalized spacial score (nSPS) is 16.2. The largest absolute Gasteiger partial charge is 0.493 e. The fraction of sp³-hybridized carbons (Fsp3) is 0.400. The Balaban J connectivity index is 0.000000221. The Morgan fingerprint density at radius 2 is 1.92 bits per heavy atom. The van der Waals surface area contributed by atoms with E-state index >= 15 is 0 Å². The number of carbonyl (C=O) groups excluding carboxylic acids is 1. The summed E-state index contributed by atoms with van der Waals surface area (Å²) in [7, 11) is 3.05. The molecule has 4 rings (SSSR count). The van der Waals surface area contributed by atoms with Crippen molar-refractivity contribution in [1.82, 2.24) is 5.16 Å². The maximum Gasteiger partial charge on any atom is 0.424 e. The molecular formula is C25H26F4N2O5. The molecule has 11 heteroatoms. The molecule has 3 aromatic rings. The molecule has 0 bridgehead atoms. The van der Waals surface area contributed by atoms with Crippen LogP contribution in [0.1, 0.15) is 36.9 Å². The maximum atomic E-state index is 13.8. The Labute approximate surface area is 204 Å². The third kappa shape index (κ3) is 5.06. The van der Waals surface area contributed by atoms with Gasteiger partial charge in [0.1, 0.15) is 0 Å². The standard InChI is InChI=1S/C15H16F4O3.C10H10N2O2/c1-22-12-10(4-2-5-11(12)16)13(6-3-7-13)8-14(21,9-20)15(17,18)19;1-6-9-5-7(11-2)3-4-8(9)10(13)14-12-6/h2,4-5,9,21H,3,6-8H2,1H3;3-5,11H,1-2H3. The minimum Gasteiger partial charge on any atom is -0.493 e. The lowest BCUT2D eigenvalue weighted by molar-refractivity contribution is -0.252. The molecule has 0 radical (unpaired) electrons. The molecule has 1 fully saturated rings. The SMILES string of the molecule is CNc1ccc2c(=O)onc(C)c2c1.COc1c(F)cccc1C1(CC(O)(C=O)C(F)(F)F)CCC1. The summed E-state index contributed by atoms with van der Waals surface area (Å²) in [5, 5.41) is 17.8. The number of hydrogen-bond donors (Lipinski definition) is 2. The number of para-hydroxylation sites is 1. The molecule has 36 heavy (non-hydrogen) atoms. The number of carbonyl (C=O) groups is 1. The summed E-state index contributed by atoms with van der Waals surface area (Å²) in [6.07, 6.45) is -5.14. The van der Waals surface area contributed by atoms with E-state index in [4.69, 9.17) is 4.74 Å². The molecule has 1 saturated carbocycles. The lowest BCUT2D eigenvalue weighted by Crippen LogP contribution is -2.53. The van der Waals surface area contributed by atoms with Crippen LogP contribution in [0.4, 0.5) is 23.2 Å². The van der Waals surface area contributed by atoms with E-state index in [1.807, 2.05) is 26.1 Å². The van der Waals surface area contributed by atoms with Crippen molar-refractivity contribution in [3.8, 4) is 5.75 Å². The maximum absolute atomic E-state index is 13.8. The highest BCUT2D eigenvalue weighted by Crippen LogP contribution is 2.53. The quantitative estimate of drug-likeness (QED) is 0.367. The number of methoxy groups -OCH3 is 1. The molecular weight excluding hydrogens is 484 g/mol. The average Bonchev–Trinajstić information content (AvgIpc) is 2.83. The zero-order valence-corrected chi connectivity index (χ0v) is 19.9. The second-order valence-electron chi connectivity index (χ2n) is 8.74. The van der Waals surface area contributed by atoms with Gasteiger partial charge in [-0.15, -0.1) is 0 Å². The van der Waals surface area contributed by atoms with Gasteiger partial charge in [-0.05, 0) is 44.0 Å². The first kappa shape index (κ1) is 27.1. The highest BCUT2D eigenvalue weighted by atomic mass is 19.4. The molecule has 194 valence electrons. The molecule has 1 aromatic heterocycles. The number of benzene rings is 2. The molecule has 0 aliphatic heterocycles. The van der Waals surface area contributed by atoms with Crippen molar-refractivity contribution in [3.05, 3.63) is 63.9 Å². The second-order valence-corrected chi connectivity index (χ2v) is 8.74. The van der Waals surface area contributed by atoms with E-state index in [1.165, 1.54) is 19.2 Å². The molecule has 0 saturated heterocycles. The van der Waals surface area contributed by atoms with Crippen LogP contribution in [0.3, 0.4) is 0 Å². The summed E-state index contributed by atoms with van der Waals surface area (Å²) in [5.41, 5.74) is -3.05. The zero-order chi connectivity index (χ0) is 26.7. The summed E-state index contributed by atoms with van der Waals surface area (Å²) in [6.45, 7) is 1.81. The van der Waals surface area contributed by atoms with Crippen LogP contribution in [0.15, 0.2) is 45.7 Å². The Kier molecular flexibility index (Phi) is 7.73. The van der Waals surface area contributed by atoms with E-state index < -0.39 is 41.3 Å². The van der Waals surface area contributed by atoms with E-state index in [-0.39, 0.29) is 11.3 Å². The summed E-state index contributed by atoms with van der Waals surface area (Å²) >= 11 is 0. The number of aryl methyl sites for hydroxylation is 1. The van der Waals surface area contributed by atoms with E-state index in [0.29, 0.717) is 24.6 Å². The monoisotopic (exact) mass is 510 g/mol. The van der Waals surface area contributed by atoms with E-state index in [2.05, 4.69) is 15.0 Å². The number of ether oxygens (including phenoxy) is 1. The number of aldehydes is 1. The number of halogens is 4. The van der Waals surface area contributed by atoms with Crippen LogP contribution in [-0.2, 0) is 10.2 Å². The van der Waals surface area contributed by atoms with Crippen molar-refractivity contribution >= 4 is 22.7 Å². The number of aromatic nitrogens is 1. The smallest absolute Gasteiger partial charge is 0.424 e. The summed E-state index contributed by atoms with van der Waals surface area (Å²) in [6, 6.07) is 9.45. The van der Waals surface area contributed by atoms with Crippen LogP contribution < -0.4 is 15.7 Å². The van der Waals surface area contributed by atoms with Gasteiger partial charge < -0.3 is 19.7 Å². The van der Waals surface area contributed by atoms with Gasteiger partial charge in [-0.25, -0.2) is 9.18 Å². The number of aliphatic hydroxyl groups is 1. The van der Waals surface area contributed by atoms with E-state index in [9.17, 15) is 32.3 Å². The highest BCUT2D eigenvalue weighted by Gasteiger charge is 2.59. The number of alkyl halides is 3. The van der Waals surface area contributed by atoms with Crippen molar-refractivity contribution in [3.63, 3.8) is 0 Å². The van der Waals surface area contributed by atoms with Crippen molar-refractivity contribution in [1.29, 1.82) is 0 Å². The van der Waals surface area contributed by atoms with Gasteiger partial charge in [-0.3, -0.25) is 4.79 Å². The van der Waals surface area contributed by atoms with Crippen molar-refractivity contribution in [2.45, 2.75) is 49.8 Å². The van der Waals surface area contributed by atoms with Gasteiger partial charge in [0.15, 0.2) is 17.9 Å². The fourth-order valence-electron chi connectivity index (χ4n) is 4.39. The first-order valence-corrected chi connectivity index (χ1v) is 11.1. The summed E-state index contributed by atoms with van der Waals surface area (Å²) < 4.78 is 62.4. The first-order chi connectivity index (χ1) is 16.9. The number of fused-ring (bicyclic) bond motifs is 1. The number of anilines is 1. The molecule has 2 aromatic carbocycles. The molecule has 1 atom stereocenters. The third-order valence-corrected chi connectivity index (χ3v) is 6.53. The topological polar surface area (TPSA) is 102 Å². The molecule has 7 nitrogen and oxygen atoms in total. The molecule has 2 N–H and O–H groups in total.